The van der Waals surface area contributed by atoms with Gasteiger partial charge in [0.25, 0.3) is 5.91 Å². The van der Waals surface area contributed by atoms with Gasteiger partial charge in [0.05, 0.1) is 0 Å². The second kappa shape index (κ2) is 7.66. The Hall–Kier alpha value is -1.73. The Labute approximate surface area is 152 Å². The smallest absolute Gasteiger partial charge is 0.408 e. The molecule has 2 rings (SSSR count). The number of hydrogen-bond donors (Lipinski definition) is 2. The highest BCUT2D eigenvalue weighted by Gasteiger charge is 2.47. The van der Waals surface area contributed by atoms with Crippen molar-refractivity contribution in [1.29, 1.82) is 0 Å². The van der Waals surface area contributed by atoms with Crippen LogP contribution >= 0.6 is 0 Å². The second-order valence-electron chi connectivity index (χ2n) is 7.57. The molecule has 1 aliphatic rings. The van der Waals surface area contributed by atoms with E-state index in [4.69, 9.17) is 4.74 Å². The van der Waals surface area contributed by atoms with E-state index in [0.29, 0.717) is 17.7 Å². The summed E-state index contributed by atoms with van der Waals surface area (Å²) in [4.78, 5) is 25.5. The van der Waals surface area contributed by atoms with E-state index in [2.05, 4.69) is 10.0 Å². The lowest BCUT2D eigenvalue weighted by molar-refractivity contribution is -0.125. The molecule has 25 heavy (non-hydrogen) atoms. The summed E-state index contributed by atoms with van der Waals surface area (Å²) >= 11 is -1.67. The average Bonchev–Trinajstić information content (AvgIpc) is 2.88. The van der Waals surface area contributed by atoms with Crippen LogP contribution in [0.15, 0.2) is 35.2 Å². The number of benzene rings is 1. The molecule has 6 nitrogen and oxygen atoms in total. The summed E-state index contributed by atoms with van der Waals surface area (Å²) in [5, 5.41) is 2.73. The molecule has 1 fully saturated rings. The zero-order chi connectivity index (χ0) is 18.7. The molecule has 3 unspecified atom stereocenters. The van der Waals surface area contributed by atoms with E-state index in [0.717, 1.165) is 6.42 Å². The highest BCUT2D eigenvalue weighted by atomic mass is 32.2. The van der Waals surface area contributed by atoms with Crippen LogP contribution < -0.4 is 10.0 Å². The lowest BCUT2D eigenvalue weighted by atomic mass is 9.95. The average molecular weight is 366 g/mol. The van der Waals surface area contributed by atoms with Gasteiger partial charge in [-0.1, -0.05) is 25.1 Å². The van der Waals surface area contributed by atoms with Gasteiger partial charge in [-0.2, -0.15) is 4.72 Å². The number of nitrogens with one attached hydrogen (secondary N) is 2. The number of hydrogen-bond acceptors (Lipinski definition) is 4. The van der Waals surface area contributed by atoms with Crippen molar-refractivity contribution in [2.24, 2.45) is 5.92 Å². The third-order valence-corrected chi connectivity index (χ3v) is 5.15. The molecule has 3 atom stereocenters. The van der Waals surface area contributed by atoms with Crippen LogP contribution in [-0.2, 0) is 20.9 Å². The Morgan fingerprint density at radius 1 is 1.28 bits per heavy atom. The summed E-state index contributed by atoms with van der Waals surface area (Å²) in [6, 6.07) is 8.69. The van der Waals surface area contributed by atoms with Gasteiger partial charge in [-0.3, -0.25) is 4.79 Å². The van der Waals surface area contributed by atoms with E-state index >= 15 is 0 Å². The first kappa shape index (κ1) is 19.6. The molecule has 2 amide bonds. The minimum atomic E-state index is -1.67. The molecule has 1 aromatic rings. The van der Waals surface area contributed by atoms with E-state index in [1.165, 1.54) is 0 Å². The minimum Gasteiger partial charge on any atom is -0.588 e. The molecule has 0 aliphatic heterocycles. The summed E-state index contributed by atoms with van der Waals surface area (Å²) in [6.07, 6.45) is 1.15. The fourth-order valence-electron chi connectivity index (χ4n) is 2.95. The summed E-state index contributed by atoms with van der Waals surface area (Å²) in [5.74, 6) is -0.157. The van der Waals surface area contributed by atoms with Crippen LogP contribution in [0.3, 0.4) is 0 Å². The third-order valence-electron chi connectivity index (χ3n) is 4.08. The molecular weight excluding hydrogens is 340 g/mol. The number of rotatable bonds is 4. The minimum absolute atomic E-state index is 0.283. The van der Waals surface area contributed by atoms with Crippen LogP contribution in [0.5, 0.6) is 0 Å². The van der Waals surface area contributed by atoms with E-state index in [9.17, 15) is 14.1 Å². The first-order chi connectivity index (χ1) is 11.6. The topological polar surface area (TPSA) is 90.5 Å². The van der Waals surface area contributed by atoms with Crippen molar-refractivity contribution < 1.29 is 18.9 Å². The van der Waals surface area contributed by atoms with Gasteiger partial charge in [0.15, 0.2) is 4.90 Å². The largest absolute Gasteiger partial charge is 0.588 e. The van der Waals surface area contributed by atoms with Crippen LogP contribution in [0.2, 0.25) is 0 Å². The fraction of sp³-hybridized carbons (Fsp3) is 0.556. The van der Waals surface area contributed by atoms with Crippen molar-refractivity contribution in [3.63, 3.8) is 0 Å². The standard InChI is InChI=1S/C18H26N2O4S/c1-13-10-11-18(12-13,19-16(22)24-17(2,3)4)15(21)20-25(23)14-8-6-5-7-9-14/h5-9,13H,10-12H2,1-4H3,(H,19,22)(H,20,21). The summed E-state index contributed by atoms with van der Waals surface area (Å²) < 4.78 is 20.2. The Bertz CT molecular complexity index is 617. The maximum absolute atomic E-state index is 12.8. The van der Waals surface area contributed by atoms with Crippen molar-refractivity contribution >= 4 is 23.4 Å². The van der Waals surface area contributed by atoms with Crippen molar-refractivity contribution in [3.05, 3.63) is 30.3 Å². The van der Waals surface area contributed by atoms with Gasteiger partial charge >= 0.3 is 6.09 Å². The van der Waals surface area contributed by atoms with Crippen molar-refractivity contribution in [2.45, 2.75) is 63.0 Å². The molecule has 0 aromatic heterocycles. The van der Waals surface area contributed by atoms with Gasteiger partial charge in [-0.25, -0.2) is 4.79 Å². The van der Waals surface area contributed by atoms with Gasteiger partial charge < -0.3 is 14.6 Å². The predicted molar refractivity (Wildman–Crippen MR) is 96.1 cm³/mol. The van der Waals surface area contributed by atoms with Crippen molar-refractivity contribution in [2.75, 3.05) is 0 Å². The Morgan fingerprint density at radius 2 is 1.92 bits per heavy atom. The third kappa shape index (κ3) is 5.37. The number of carbonyl (C=O) groups is 2. The van der Waals surface area contributed by atoms with Crippen molar-refractivity contribution in [3.8, 4) is 0 Å². The molecule has 0 radical (unpaired) electrons. The molecule has 1 aromatic carbocycles. The Morgan fingerprint density at radius 3 is 2.44 bits per heavy atom. The zero-order valence-corrected chi connectivity index (χ0v) is 15.9. The van der Waals surface area contributed by atoms with E-state index < -0.39 is 34.5 Å². The Kier molecular flexibility index (Phi) is 6.00. The molecule has 7 heteroatoms. The molecule has 1 saturated carbocycles. The lowest BCUT2D eigenvalue weighted by Crippen LogP contribution is -2.59. The molecule has 0 heterocycles. The normalized spacial score (nSPS) is 24.4. The predicted octanol–water partition coefficient (Wildman–Crippen LogP) is 2.91. The van der Waals surface area contributed by atoms with Crippen LogP contribution in [0.1, 0.15) is 47.0 Å². The van der Waals surface area contributed by atoms with E-state index in [-0.39, 0.29) is 5.92 Å². The fourth-order valence-corrected chi connectivity index (χ4v) is 3.84. The quantitative estimate of drug-likeness (QED) is 0.802. The number of amides is 2. The Balaban J connectivity index is 2.11. The first-order valence-corrected chi connectivity index (χ1v) is 9.55. The molecule has 138 valence electrons. The van der Waals surface area contributed by atoms with Crippen LogP contribution in [-0.4, -0.2) is 27.7 Å². The van der Waals surface area contributed by atoms with Crippen LogP contribution in [0.25, 0.3) is 0 Å². The number of ether oxygens (including phenoxy) is 1. The van der Waals surface area contributed by atoms with Gasteiger partial charge in [0, 0.05) is 0 Å². The highest BCUT2D eigenvalue weighted by molar-refractivity contribution is 7.90. The summed E-state index contributed by atoms with van der Waals surface area (Å²) in [6.45, 7) is 7.32. The number of carbonyl (C=O) groups excluding carboxylic acids is 2. The van der Waals surface area contributed by atoms with Gasteiger partial charge in [0.2, 0.25) is 0 Å². The SMILES string of the molecule is CC1CCC(NC(=O)OC(C)(C)C)(C(=O)N[S+]([O-])c2ccccc2)C1. The van der Waals surface area contributed by atoms with Gasteiger partial charge in [-0.05, 0) is 58.1 Å². The van der Waals surface area contributed by atoms with Gasteiger partial charge in [0.1, 0.15) is 22.5 Å². The van der Waals surface area contributed by atoms with E-state index in [1.807, 2.05) is 13.0 Å². The monoisotopic (exact) mass is 366 g/mol. The second-order valence-corrected chi connectivity index (χ2v) is 8.78. The van der Waals surface area contributed by atoms with Crippen molar-refractivity contribution in [1.82, 2.24) is 10.0 Å². The molecular formula is C18H26N2O4S. The van der Waals surface area contributed by atoms with Crippen LogP contribution in [0.4, 0.5) is 4.79 Å². The summed E-state index contributed by atoms with van der Waals surface area (Å²) in [5.41, 5.74) is -1.75. The molecule has 1 aliphatic carbocycles. The maximum atomic E-state index is 12.8. The number of alkyl carbamates (subject to hydrolysis) is 1. The van der Waals surface area contributed by atoms with E-state index in [1.54, 1.807) is 45.0 Å². The van der Waals surface area contributed by atoms with Crippen LogP contribution in [0, 0.1) is 5.92 Å². The molecule has 2 N–H and O–H groups in total. The summed E-state index contributed by atoms with van der Waals surface area (Å²) in [7, 11) is 0. The molecule has 0 spiro atoms. The maximum Gasteiger partial charge on any atom is 0.408 e. The van der Waals surface area contributed by atoms with Gasteiger partial charge in [-0.15, -0.1) is 0 Å². The lowest BCUT2D eigenvalue weighted by Gasteiger charge is -2.30. The first-order valence-electron chi connectivity index (χ1n) is 8.40. The zero-order valence-electron chi connectivity index (χ0n) is 15.1. The molecule has 0 saturated heterocycles. The molecule has 0 bridgehead atoms. The highest BCUT2D eigenvalue weighted by Crippen LogP contribution is 2.35.